The third-order valence-corrected chi connectivity index (χ3v) is 3.97. The van der Waals surface area contributed by atoms with Crippen LogP contribution in [0.15, 0.2) is 5.38 Å². The predicted octanol–water partition coefficient (Wildman–Crippen LogP) is 1.23. The predicted molar refractivity (Wildman–Crippen MR) is 57.8 cm³/mol. The standard InChI is InChI=1S/C8H14N2O2S2/c1-4-10(14(3,11)12)5-8-6-13-7(2)9-8/h6H,4-5H2,1-3H3. The molecule has 14 heavy (non-hydrogen) atoms. The maximum atomic E-state index is 11.3. The van der Waals surface area contributed by atoms with Gasteiger partial charge in [-0.25, -0.2) is 13.4 Å². The maximum absolute atomic E-state index is 11.3. The third-order valence-electron chi connectivity index (χ3n) is 1.83. The van der Waals surface area contributed by atoms with E-state index in [4.69, 9.17) is 0 Å². The summed E-state index contributed by atoms with van der Waals surface area (Å²) >= 11 is 1.53. The topological polar surface area (TPSA) is 50.3 Å². The van der Waals surface area contributed by atoms with E-state index in [1.54, 1.807) is 0 Å². The van der Waals surface area contributed by atoms with Crippen LogP contribution >= 0.6 is 11.3 Å². The zero-order valence-corrected chi connectivity index (χ0v) is 10.2. The summed E-state index contributed by atoms with van der Waals surface area (Å²) in [5, 5.41) is 2.85. The summed E-state index contributed by atoms with van der Waals surface area (Å²) in [5.41, 5.74) is 0.819. The van der Waals surface area contributed by atoms with Gasteiger partial charge in [0.15, 0.2) is 0 Å². The minimum atomic E-state index is -3.11. The molecule has 0 unspecified atom stereocenters. The average Bonchev–Trinajstić information content (AvgIpc) is 2.45. The van der Waals surface area contributed by atoms with Crippen molar-refractivity contribution < 1.29 is 8.42 Å². The van der Waals surface area contributed by atoms with Gasteiger partial charge in [0.1, 0.15) is 0 Å². The van der Waals surface area contributed by atoms with Gasteiger partial charge in [-0.1, -0.05) is 6.92 Å². The molecule has 0 radical (unpaired) electrons. The molecule has 0 N–H and O–H groups in total. The molecule has 0 bridgehead atoms. The smallest absolute Gasteiger partial charge is 0.211 e. The molecule has 1 rings (SSSR count). The van der Waals surface area contributed by atoms with Crippen molar-refractivity contribution in [2.75, 3.05) is 12.8 Å². The van der Waals surface area contributed by atoms with Crippen LogP contribution in [-0.2, 0) is 16.6 Å². The molecular formula is C8H14N2O2S2. The van der Waals surface area contributed by atoms with Gasteiger partial charge < -0.3 is 0 Å². The van der Waals surface area contributed by atoms with Crippen LogP contribution in [0.4, 0.5) is 0 Å². The molecule has 0 saturated heterocycles. The van der Waals surface area contributed by atoms with Crippen molar-refractivity contribution in [2.24, 2.45) is 0 Å². The molecule has 6 heteroatoms. The van der Waals surface area contributed by atoms with Crippen molar-refractivity contribution in [2.45, 2.75) is 20.4 Å². The SMILES string of the molecule is CCN(Cc1csc(C)n1)S(C)(=O)=O. The Morgan fingerprint density at radius 3 is 2.57 bits per heavy atom. The van der Waals surface area contributed by atoms with E-state index < -0.39 is 10.0 Å². The van der Waals surface area contributed by atoms with Crippen LogP contribution < -0.4 is 0 Å². The molecule has 0 atom stereocenters. The highest BCUT2D eigenvalue weighted by molar-refractivity contribution is 7.88. The summed E-state index contributed by atoms with van der Waals surface area (Å²) in [6.45, 7) is 4.58. The van der Waals surface area contributed by atoms with Gasteiger partial charge in [0.25, 0.3) is 0 Å². The molecule has 0 fully saturated rings. The Morgan fingerprint density at radius 2 is 2.21 bits per heavy atom. The number of aryl methyl sites for hydroxylation is 1. The second-order valence-corrected chi connectivity index (χ2v) is 6.09. The molecule has 1 aromatic rings. The molecule has 80 valence electrons. The third kappa shape index (κ3) is 3.04. The number of hydrogen-bond acceptors (Lipinski definition) is 4. The van der Waals surface area contributed by atoms with Gasteiger partial charge in [0, 0.05) is 11.9 Å². The molecule has 0 aliphatic carbocycles. The number of sulfonamides is 1. The van der Waals surface area contributed by atoms with Crippen LogP contribution in [-0.4, -0.2) is 30.5 Å². The molecular weight excluding hydrogens is 220 g/mol. The van der Waals surface area contributed by atoms with Crippen LogP contribution in [0.2, 0.25) is 0 Å². The molecule has 0 amide bonds. The maximum Gasteiger partial charge on any atom is 0.211 e. The van der Waals surface area contributed by atoms with E-state index in [-0.39, 0.29) is 0 Å². The lowest BCUT2D eigenvalue weighted by Gasteiger charge is -2.15. The van der Waals surface area contributed by atoms with Crippen molar-refractivity contribution in [1.82, 2.24) is 9.29 Å². The van der Waals surface area contributed by atoms with Gasteiger partial charge in [-0.05, 0) is 6.92 Å². The van der Waals surface area contributed by atoms with Crippen molar-refractivity contribution in [3.8, 4) is 0 Å². The minimum Gasteiger partial charge on any atom is -0.245 e. The summed E-state index contributed by atoms with van der Waals surface area (Å²) in [5.74, 6) is 0. The first-order valence-electron chi connectivity index (χ1n) is 4.29. The number of thiazole rings is 1. The quantitative estimate of drug-likeness (QED) is 0.787. The molecule has 4 nitrogen and oxygen atoms in total. The lowest BCUT2D eigenvalue weighted by molar-refractivity contribution is 0.424. The van der Waals surface area contributed by atoms with Gasteiger partial charge in [-0.15, -0.1) is 11.3 Å². The molecule has 0 spiro atoms. The molecule has 0 aliphatic heterocycles. The summed E-state index contributed by atoms with van der Waals surface area (Å²) in [4.78, 5) is 4.22. The summed E-state index contributed by atoms with van der Waals surface area (Å²) in [6, 6.07) is 0. The lowest BCUT2D eigenvalue weighted by atomic mass is 10.5. The van der Waals surface area contributed by atoms with E-state index in [1.165, 1.54) is 21.9 Å². The minimum absolute atomic E-state index is 0.375. The van der Waals surface area contributed by atoms with Gasteiger partial charge >= 0.3 is 0 Å². The number of rotatable bonds is 4. The summed E-state index contributed by atoms with van der Waals surface area (Å²) in [6.07, 6.45) is 1.22. The normalized spacial score (nSPS) is 12.3. The molecule has 1 heterocycles. The van der Waals surface area contributed by atoms with Crippen molar-refractivity contribution in [3.63, 3.8) is 0 Å². The highest BCUT2D eigenvalue weighted by atomic mass is 32.2. The Labute approximate surface area is 88.6 Å². The van der Waals surface area contributed by atoms with Crippen LogP contribution in [0.25, 0.3) is 0 Å². The Balaban J connectivity index is 2.76. The van der Waals surface area contributed by atoms with Gasteiger partial charge in [-0.3, -0.25) is 0 Å². The van der Waals surface area contributed by atoms with Crippen molar-refractivity contribution in [3.05, 3.63) is 16.1 Å². The van der Waals surface area contributed by atoms with Gasteiger partial charge in [0.2, 0.25) is 10.0 Å². The fourth-order valence-electron chi connectivity index (χ4n) is 1.13. The lowest BCUT2D eigenvalue weighted by Crippen LogP contribution is -2.29. The fourth-order valence-corrected chi connectivity index (χ4v) is 2.56. The first kappa shape index (κ1) is 11.6. The summed E-state index contributed by atoms with van der Waals surface area (Å²) < 4.78 is 24.0. The zero-order chi connectivity index (χ0) is 10.8. The van der Waals surface area contributed by atoms with E-state index >= 15 is 0 Å². The van der Waals surface area contributed by atoms with Crippen LogP contribution in [0.3, 0.4) is 0 Å². The number of aromatic nitrogens is 1. The Hall–Kier alpha value is -0.460. The van der Waals surface area contributed by atoms with E-state index in [1.807, 2.05) is 19.2 Å². The van der Waals surface area contributed by atoms with Crippen molar-refractivity contribution >= 4 is 21.4 Å². The fraction of sp³-hybridized carbons (Fsp3) is 0.625. The summed E-state index contributed by atoms with van der Waals surface area (Å²) in [7, 11) is -3.11. The van der Waals surface area contributed by atoms with Crippen LogP contribution in [0, 0.1) is 6.92 Å². The first-order chi connectivity index (χ1) is 6.43. The number of nitrogens with zero attached hydrogens (tertiary/aromatic N) is 2. The molecule has 0 aliphatic rings. The highest BCUT2D eigenvalue weighted by Crippen LogP contribution is 2.11. The molecule has 1 aromatic heterocycles. The zero-order valence-electron chi connectivity index (χ0n) is 8.52. The molecule has 0 saturated carbocycles. The molecule has 0 aromatic carbocycles. The average molecular weight is 234 g/mol. The van der Waals surface area contributed by atoms with Crippen molar-refractivity contribution in [1.29, 1.82) is 0 Å². The highest BCUT2D eigenvalue weighted by Gasteiger charge is 2.15. The van der Waals surface area contributed by atoms with Gasteiger partial charge in [-0.2, -0.15) is 4.31 Å². The van der Waals surface area contributed by atoms with E-state index in [9.17, 15) is 8.42 Å². The van der Waals surface area contributed by atoms with Crippen LogP contribution in [0.1, 0.15) is 17.6 Å². The number of hydrogen-bond donors (Lipinski definition) is 0. The monoisotopic (exact) mass is 234 g/mol. The largest absolute Gasteiger partial charge is 0.245 e. The van der Waals surface area contributed by atoms with E-state index in [0.29, 0.717) is 13.1 Å². The first-order valence-corrected chi connectivity index (χ1v) is 7.02. The van der Waals surface area contributed by atoms with Gasteiger partial charge in [0.05, 0.1) is 23.5 Å². The van der Waals surface area contributed by atoms with E-state index in [0.717, 1.165) is 10.7 Å². The Kier molecular flexibility index (Phi) is 3.63. The second kappa shape index (κ2) is 4.37. The Bertz CT molecular complexity index is 397. The Morgan fingerprint density at radius 1 is 1.57 bits per heavy atom. The van der Waals surface area contributed by atoms with Crippen LogP contribution in [0.5, 0.6) is 0 Å². The van der Waals surface area contributed by atoms with E-state index in [2.05, 4.69) is 4.98 Å². The second-order valence-electron chi connectivity index (χ2n) is 3.05.